The van der Waals surface area contributed by atoms with Crippen LogP contribution in [-0.2, 0) is 5.41 Å². The Morgan fingerprint density at radius 1 is 0.690 bits per heavy atom. The first-order valence-corrected chi connectivity index (χ1v) is 15.7. The lowest BCUT2D eigenvalue weighted by Gasteiger charge is -2.35. The number of benzene rings is 5. The first kappa shape index (κ1) is 22.1. The summed E-state index contributed by atoms with van der Waals surface area (Å²) in [6.45, 7) is 7.22. The van der Waals surface area contributed by atoms with Gasteiger partial charge in [0.25, 0.3) is 0 Å². The summed E-state index contributed by atoms with van der Waals surface area (Å²) in [4.78, 5) is 0. The molecule has 3 aliphatic rings. The summed E-state index contributed by atoms with van der Waals surface area (Å²) in [5.41, 5.74) is 18.0. The Morgan fingerprint density at radius 2 is 1.45 bits per heavy atom. The van der Waals surface area contributed by atoms with Crippen LogP contribution in [0.1, 0.15) is 30.5 Å². The third-order valence-corrected chi connectivity index (χ3v) is 11.7. The van der Waals surface area contributed by atoms with Crippen molar-refractivity contribution in [2.24, 2.45) is 0 Å². The zero-order valence-electron chi connectivity index (χ0n) is 23.6. The number of hydrogen-bond donors (Lipinski definition) is 0. The van der Waals surface area contributed by atoms with Crippen molar-refractivity contribution >= 4 is 71.2 Å². The van der Waals surface area contributed by atoms with E-state index in [4.69, 9.17) is 0 Å². The Hall–Kier alpha value is -4.54. The zero-order chi connectivity index (χ0) is 27.6. The predicted molar refractivity (Wildman–Crippen MR) is 180 cm³/mol. The Labute approximate surface area is 247 Å². The van der Waals surface area contributed by atoms with Crippen LogP contribution in [0.5, 0.6) is 0 Å². The minimum absolute atomic E-state index is 0.0638. The summed E-state index contributed by atoms with van der Waals surface area (Å²) in [7, 11) is 0. The molecule has 11 rings (SSSR count). The number of hydrogen-bond acceptors (Lipinski definition) is 1. The third kappa shape index (κ3) is 2.23. The summed E-state index contributed by atoms with van der Waals surface area (Å²) < 4.78 is 8.12. The first-order valence-electron chi connectivity index (χ1n) is 14.9. The lowest BCUT2D eigenvalue weighted by molar-refractivity contribution is 0.666. The van der Waals surface area contributed by atoms with Crippen molar-refractivity contribution in [1.29, 1.82) is 0 Å². The molecule has 8 aromatic rings. The van der Waals surface area contributed by atoms with Crippen molar-refractivity contribution in [3.8, 4) is 28.1 Å². The summed E-state index contributed by atoms with van der Waals surface area (Å²) in [5.74, 6) is 0. The smallest absolute Gasteiger partial charge is 0.333 e. The summed E-state index contributed by atoms with van der Waals surface area (Å²) >= 11 is 1.94. The van der Waals surface area contributed by atoms with Crippen LogP contribution in [0.3, 0.4) is 0 Å². The Bertz CT molecular complexity index is 2570. The predicted octanol–water partition coefficient (Wildman–Crippen LogP) is 8.52. The van der Waals surface area contributed by atoms with Gasteiger partial charge < -0.3 is 9.05 Å². The standard InChI is InChI=1S/C38H25BN2S/c1-20-18-26-21-12-8-13-24-31-35(22-10-4-6-15-27(22)38(31,2)3)41(33(21)24)39-28-16-9-14-25-34(28)40(29(19-20)32(26)39)36-23-11-5-7-17-30(23)42-37(25)36/h4-19H,1-3H3. The molecular weight excluding hydrogens is 527 g/mol. The number of aryl methyl sites for hydroxylation is 1. The Morgan fingerprint density at radius 3 is 2.38 bits per heavy atom. The van der Waals surface area contributed by atoms with Crippen molar-refractivity contribution in [2.45, 2.75) is 26.2 Å². The van der Waals surface area contributed by atoms with E-state index < -0.39 is 0 Å². The molecule has 5 heterocycles. The van der Waals surface area contributed by atoms with Gasteiger partial charge in [0.05, 0.1) is 15.7 Å². The molecule has 4 heteroatoms. The zero-order valence-corrected chi connectivity index (χ0v) is 24.4. The highest BCUT2D eigenvalue weighted by atomic mass is 32.1. The highest BCUT2D eigenvalue weighted by Gasteiger charge is 2.47. The molecule has 0 radical (unpaired) electrons. The Balaban J connectivity index is 1.40. The molecule has 2 nitrogen and oxygen atoms in total. The van der Waals surface area contributed by atoms with Gasteiger partial charge in [0, 0.05) is 54.3 Å². The lowest BCUT2D eigenvalue weighted by Crippen LogP contribution is -2.55. The molecule has 5 aromatic carbocycles. The van der Waals surface area contributed by atoms with E-state index in [1.807, 2.05) is 11.3 Å². The number of nitrogens with zero attached hydrogens (tertiary/aromatic N) is 2. The van der Waals surface area contributed by atoms with E-state index in [1.165, 1.54) is 97.8 Å². The van der Waals surface area contributed by atoms with Gasteiger partial charge >= 0.3 is 6.85 Å². The van der Waals surface area contributed by atoms with Gasteiger partial charge in [-0.05, 0) is 52.2 Å². The molecule has 0 unspecified atom stereocenters. The average Bonchev–Trinajstić information content (AvgIpc) is 3.71. The molecule has 1 aliphatic carbocycles. The van der Waals surface area contributed by atoms with Crippen LogP contribution >= 0.6 is 11.3 Å². The number of para-hydroxylation sites is 2. The molecular formula is C38H25BN2S. The third-order valence-electron chi connectivity index (χ3n) is 10.5. The van der Waals surface area contributed by atoms with Gasteiger partial charge in [0.1, 0.15) is 0 Å². The highest BCUT2D eigenvalue weighted by Crippen LogP contribution is 2.55. The fraction of sp³-hybridized carbons (Fsp3) is 0.105. The summed E-state index contributed by atoms with van der Waals surface area (Å²) in [5, 5.41) is 4.12. The molecule has 3 aromatic heterocycles. The van der Waals surface area contributed by atoms with Crippen LogP contribution < -0.4 is 10.9 Å². The molecule has 196 valence electrons. The lowest BCUT2D eigenvalue weighted by atomic mass is 9.45. The van der Waals surface area contributed by atoms with E-state index in [2.05, 4.69) is 127 Å². The maximum Gasteiger partial charge on any atom is 0.333 e. The largest absolute Gasteiger partial charge is 0.375 e. The van der Waals surface area contributed by atoms with Crippen molar-refractivity contribution in [3.63, 3.8) is 0 Å². The van der Waals surface area contributed by atoms with Crippen LogP contribution in [0, 0.1) is 6.92 Å². The van der Waals surface area contributed by atoms with E-state index in [0.717, 1.165) is 0 Å². The fourth-order valence-corrected chi connectivity index (χ4v) is 10.2. The second-order valence-electron chi connectivity index (χ2n) is 13.0. The monoisotopic (exact) mass is 552 g/mol. The number of thiophene rings is 1. The molecule has 0 spiro atoms. The van der Waals surface area contributed by atoms with Crippen molar-refractivity contribution < 1.29 is 0 Å². The maximum absolute atomic E-state index is 2.74. The molecule has 0 saturated heterocycles. The van der Waals surface area contributed by atoms with Gasteiger partial charge in [0.2, 0.25) is 0 Å². The van der Waals surface area contributed by atoms with Gasteiger partial charge in [-0.25, -0.2) is 0 Å². The van der Waals surface area contributed by atoms with Gasteiger partial charge in [0.15, 0.2) is 0 Å². The summed E-state index contributed by atoms with van der Waals surface area (Å²) in [6.07, 6.45) is 0. The van der Waals surface area contributed by atoms with Crippen LogP contribution in [0.25, 0.3) is 70.2 Å². The second-order valence-corrected chi connectivity index (χ2v) is 14.0. The summed E-state index contributed by atoms with van der Waals surface area (Å²) in [6, 6.07) is 37.0. The minimum atomic E-state index is -0.0638. The molecule has 0 saturated carbocycles. The molecule has 0 bridgehead atoms. The first-order chi connectivity index (χ1) is 20.5. The maximum atomic E-state index is 2.74. The number of fused-ring (bicyclic) bond motifs is 14. The van der Waals surface area contributed by atoms with Crippen molar-refractivity contribution in [1.82, 2.24) is 9.05 Å². The minimum Gasteiger partial charge on any atom is -0.375 e. The van der Waals surface area contributed by atoms with Crippen LogP contribution in [-0.4, -0.2) is 15.9 Å². The van der Waals surface area contributed by atoms with Crippen LogP contribution in [0.15, 0.2) is 97.1 Å². The fourth-order valence-electron chi connectivity index (χ4n) is 9.01. The van der Waals surface area contributed by atoms with Gasteiger partial charge in [-0.15, -0.1) is 11.3 Å². The van der Waals surface area contributed by atoms with E-state index >= 15 is 0 Å². The van der Waals surface area contributed by atoms with Gasteiger partial charge in [-0.3, -0.25) is 0 Å². The highest BCUT2D eigenvalue weighted by molar-refractivity contribution is 7.26. The normalized spacial score (nSPS) is 15.2. The number of aromatic nitrogens is 2. The molecule has 0 N–H and O–H groups in total. The van der Waals surface area contributed by atoms with E-state index in [1.54, 1.807) is 0 Å². The van der Waals surface area contributed by atoms with E-state index in [9.17, 15) is 0 Å². The quantitative estimate of drug-likeness (QED) is 0.167. The molecule has 2 aliphatic heterocycles. The molecule has 0 atom stereocenters. The van der Waals surface area contributed by atoms with Crippen molar-refractivity contribution in [2.75, 3.05) is 0 Å². The second kappa shape index (κ2) is 6.91. The molecule has 0 fully saturated rings. The molecule has 0 amide bonds. The van der Waals surface area contributed by atoms with Crippen molar-refractivity contribution in [3.05, 3.63) is 114 Å². The van der Waals surface area contributed by atoms with Gasteiger partial charge in [-0.2, -0.15) is 0 Å². The SMILES string of the molecule is Cc1cc2c3c(c1)-n1c4c(cccc4c4sc5ccccc5c41)B3n1c3c(c4cccc-2c41)C(C)(C)c1ccccc1-3. The average molecular weight is 553 g/mol. The number of rotatable bonds is 0. The topological polar surface area (TPSA) is 9.86 Å². The van der Waals surface area contributed by atoms with Gasteiger partial charge in [-0.1, -0.05) is 98.8 Å². The van der Waals surface area contributed by atoms with Crippen LogP contribution in [0.2, 0.25) is 0 Å². The van der Waals surface area contributed by atoms with Crippen LogP contribution in [0.4, 0.5) is 0 Å². The molecule has 42 heavy (non-hydrogen) atoms. The van der Waals surface area contributed by atoms with E-state index in [0.29, 0.717) is 0 Å². The Kier molecular flexibility index (Phi) is 3.64. The van der Waals surface area contributed by atoms with E-state index in [-0.39, 0.29) is 12.3 Å².